The van der Waals surface area contributed by atoms with Crippen molar-refractivity contribution < 1.29 is 9.90 Å². The molecule has 1 amide bonds. The Balaban J connectivity index is 1.95. The van der Waals surface area contributed by atoms with E-state index in [2.05, 4.69) is 5.32 Å². The highest BCUT2D eigenvalue weighted by Crippen LogP contribution is 2.15. The molecule has 0 saturated carbocycles. The predicted octanol–water partition coefficient (Wildman–Crippen LogP) is 2.92. The quantitative estimate of drug-likeness (QED) is 0.882. The van der Waals surface area contributed by atoms with Crippen molar-refractivity contribution >= 4 is 11.6 Å². The van der Waals surface area contributed by atoms with Gasteiger partial charge in [0.2, 0.25) is 5.91 Å². The van der Waals surface area contributed by atoms with Crippen molar-refractivity contribution in [3.05, 3.63) is 65.7 Å². The molecular weight excluding hydrogens is 238 g/mol. The average Bonchev–Trinajstić information content (AvgIpc) is 2.40. The number of benzene rings is 2. The Kier molecular flexibility index (Phi) is 4.31. The van der Waals surface area contributed by atoms with E-state index in [1.54, 1.807) is 19.1 Å². The molecule has 2 aromatic rings. The van der Waals surface area contributed by atoms with Crippen LogP contribution >= 0.6 is 0 Å². The first-order valence-corrected chi connectivity index (χ1v) is 6.27. The van der Waals surface area contributed by atoms with E-state index in [0.29, 0.717) is 6.42 Å². The fourth-order valence-electron chi connectivity index (χ4n) is 1.83. The second-order valence-corrected chi connectivity index (χ2v) is 4.51. The van der Waals surface area contributed by atoms with E-state index in [9.17, 15) is 9.90 Å². The number of hydrogen-bond acceptors (Lipinski definition) is 2. The fourth-order valence-corrected chi connectivity index (χ4v) is 1.83. The lowest BCUT2D eigenvalue weighted by Gasteiger charge is -2.08. The molecule has 0 fully saturated rings. The first-order valence-electron chi connectivity index (χ1n) is 6.27. The van der Waals surface area contributed by atoms with Crippen molar-refractivity contribution in [2.24, 2.45) is 0 Å². The van der Waals surface area contributed by atoms with Gasteiger partial charge in [-0.2, -0.15) is 0 Å². The Morgan fingerprint density at radius 3 is 2.32 bits per heavy atom. The number of aliphatic hydroxyl groups excluding tert-OH is 1. The molecule has 1 atom stereocenters. The zero-order valence-electron chi connectivity index (χ0n) is 10.8. The zero-order valence-corrected chi connectivity index (χ0v) is 10.8. The molecule has 0 unspecified atom stereocenters. The van der Waals surface area contributed by atoms with Crippen LogP contribution < -0.4 is 5.32 Å². The van der Waals surface area contributed by atoms with Crippen LogP contribution in [0.5, 0.6) is 0 Å². The maximum Gasteiger partial charge on any atom is 0.228 e. The normalized spacial score (nSPS) is 11.9. The van der Waals surface area contributed by atoms with Crippen molar-refractivity contribution in [2.45, 2.75) is 19.4 Å². The highest BCUT2D eigenvalue weighted by Gasteiger charge is 2.05. The van der Waals surface area contributed by atoms with Crippen LogP contribution in [-0.2, 0) is 11.2 Å². The highest BCUT2D eigenvalue weighted by molar-refractivity contribution is 5.92. The molecule has 19 heavy (non-hydrogen) atoms. The van der Waals surface area contributed by atoms with Crippen LogP contribution in [0.3, 0.4) is 0 Å². The van der Waals surface area contributed by atoms with Crippen LogP contribution in [0.25, 0.3) is 0 Å². The number of nitrogens with one attached hydrogen (secondary N) is 1. The van der Waals surface area contributed by atoms with E-state index in [1.807, 2.05) is 42.5 Å². The van der Waals surface area contributed by atoms with Crippen molar-refractivity contribution in [3.63, 3.8) is 0 Å². The zero-order chi connectivity index (χ0) is 13.7. The van der Waals surface area contributed by atoms with E-state index in [0.717, 1.165) is 16.8 Å². The standard InChI is InChI=1S/C16H17NO2/c1-12(18)14-7-9-15(10-8-14)17-16(19)11-13-5-3-2-4-6-13/h2-10,12,18H,11H2,1H3,(H,17,19)/t12-/m0/s1. The minimum atomic E-state index is -0.492. The number of amides is 1. The summed E-state index contributed by atoms with van der Waals surface area (Å²) in [6.07, 6.45) is -0.131. The molecular formula is C16H17NO2. The van der Waals surface area contributed by atoms with Gasteiger partial charge < -0.3 is 10.4 Å². The summed E-state index contributed by atoms with van der Waals surface area (Å²) in [5.74, 6) is -0.0454. The maximum absolute atomic E-state index is 11.8. The average molecular weight is 255 g/mol. The third kappa shape index (κ3) is 3.93. The van der Waals surface area contributed by atoms with E-state index < -0.39 is 6.10 Å². The van der Waals surface area contributed by atoms with Gasteiger partial charge in [0.1, 0.15) is 0 Å². The monoisotopic (exact) mass is 255 g/mol. The van der Waals surface area contributed by atoms with Gasteiger partial charge in [-0.3, -0.25) is 4.79 Å². The molecule has 0 heterocycles. The van der Waals surface area contributed by atoms with Crippen molar-refractivity contribution in [3.8, 4) is 0 Å². The molecule has 98 valence electrons. The lowest BCUT2D eigenvalue weighted by molar-refractivity contribution is -0.115. The molecule has 0 aliphatic rings. The molecule has 0 aromatic heterocycles. The molecule has 3 heteroatoms. The maximum atomic E-state index is 11.8. The summed E-state index contributed by atoms with van der Waals surface area (Å²) in [7, 11) is 0. The topological polar surface area (TPSA) is 49.3 Å². The summed E-state index contributed by atoms with van der Waals surface area (Å²) in [5, 5.41) is 12.2. The number of anilines is 1. The number of aliphatic hydroxyl groups is 1. The van der Waals surface area contributed by atoms with Crippen molar-refractivity contribution in [1.82, 2.24) is 0 Å². The van der Waals surface area contributed by atoms with Gasteiger partial charge in [0.15, 0.2) is 0 Å². The van der Waals surface area contributed by atoms with E-state index in [-0.39, 0.29) is 5.91 Å². The molecule has 0 saturated heterocycles. The van der Waals surface area contributed by atoms with Gasteiger partial charge in [0.05, 0.1) is 12.5 Å². The summed E-state index contributed by atoms with van der Waals surface area (Å²) in [6.45, 7) is 1.71. The molecule has 2 rings (SSSR count). The minimum absolute atomic E-state index is 0.0454. The van der Waals surface area contributed by atoms with Gasteiger partial charge in [0.25, 0.3) is 0 Å². The number of carbonyl (C=O) groups is 1. The van der Waals surface area contributed by atoms with Crippen LogP contribution in [0, 0.1) is 0 Å². The van der Waals surface area contributed by atoms with Gasteiger partial charge in [-0.1, -0.05) is 42.5 Å². The van der Waals surface area contributed by atoms with Crippen LogP contribution in [0.2, 0.25) is 0 Å². The molecule has 2 aromatic carbocycles. The van der Waals surface area contributed by atoms with Crippen LogP contribution in [-0.4, -0.2) is 11.0 Å². The third-order valence-corrected chi connectivity index (χ3v) is 2.88. The summed E-state index contributed by atoms with van der Waals surface area (Å²) < 4.78 is 0. The highest BCUT2D eigenvalue weighted by atomic mass is 16.3. The van der Waals surface area contributed by atoms with E-state index in [1.165, 1.54) is 0 Å². The molecule has 0 spiro atoms. The third-order valence-electron chi connectivity index (χ3n) is 2.88. The number of rotatable bonds is 4. The Hall–Kier alpha value is -2.13. The summed E-state index contributed by atoms with van der Waals surface area (Å²) in [6, 6.07) is 16.8. The lowest BCUT2D eigenvalue weighted by atomic mass is 10.1. The number of carbonyl (C=O) groups excluding carboxylic acids is 1. The molecule has 3 nitrogen and oxygen atoms in total. The Bertz CT molecular complexity index is 532. The molecule has 0 radical (unpaired) electrons. The van der Waals surface area contributed by atoms with Gasteiger partial charge in [-0.25, -0.2) is 0 Å². The minimum Gasteiger partial charge on any atom is -0.389 e. The first-order chi connectivity index (χ1) is 9.15. The van der Waals surface area contributed by atoms with E-state index >= 15 is 0 Å². The summed E-state index contributed by atoms with van der Waals surface area (Å²) in [5.41, 5.74) is 2.56. The molecule has 0 aliphatic carbocycles. The van der Waals surface area contributed by atoms with Gasteiger partial charge in [-0.15, -0.1) is 0 Å². The van der Waals surface area contributed by atoms with E-state index in [4.69, 9.17) is 0 Å². The number of hydrogen-bond donors (Lipinski definition) is 2. The van der Waals surface area contributed by atoms with Gasteiger partial charge in [0, 0.05) is 5.69 Å². The second kappa shape index (κ2) is 6.16. The van der Waals surface area contributed by atoms with Crippen molar-refractivity contribution in [2.75, 3.05) is 5.32 Å². The Morgan fingerprint density at radius 2 is 1.74 bits per heavy atom. The Morgan fingerprint density at radius 1 is 1.11 bits per heavy atom. The predicted molar refractivity (Wildman–Crippen MR) is 75.9 cm³/mol. The Labute approximate surface area is 112 Å². The van der Waals surface area contributed by atoms with Crippen LogP contribution in [0.15, 0.2) is 54.6 Å². The van der Waals surface area contributed by atoms with Crippen LogP contribution in [0.1, 0.15) is 24.2 Å². The lowest BCUT2D eigenvalue weighted by Crippen LogP contribution is -2.14. The van der Waals surface area contributed by atoms with Gasteiger partial charge >= 0.3 is 0 Å². The molecule has 0 aliphatic heterocycles. The first kappa shape index (κ1) is 13.3. The second-order valence-electron chi connectivity index (χ2n) is 4.51. The molecule has 2 N–H and O–H groups in total. The smallest absolute Gasteiger partial charge is 0.228 e. The fraction of sp³-hybridized carbons (Fsp3) is 0.188. The summed E-state index contributed by atoms with van der Waals surface area (Å²) in [4.78, 5) is 11.8. The SMILES string of the molecule is C[C@H](O)c1ccc(NC(=O)Cc2ccccc2)cc1. The van der Waals surface area contributed by atoms with Crippen LogP contribution in [0.4, 0.5) is 5.69 Å². The van der Waals surface area contributed by atoms with Crippen molar-refractivity contribution in [1.29, 1.82) is 0 Å². The largest absolute Gasteiger partial charge is 0.389 e. The summed E-state index contributed by atoms with van der Waals surface area (Å²) >= 11 is 0. The van der Waals surface area contributed by atoms with Gasteiger partial charge in [-0.05, 0) is 30.2 Å². The molecule has 0 bridgehead atoms.